The summed E-state index contributed by atoms with van der Waals surface area (Å²) in [6.45, 7) is 5.65. The third-order valence-electron chi connectivity index (χ3n) is 1.32. The van der Waals surface area contributed by atoms with E-state index in [1.165, 1.54) is 0 Å². The molecule has 0 bridgehead atoms. The van der Waals surface area contributed by atoms with E-state index < -0.39 is 5.97 Å². The van der Waals surface area contributed by atoms with E-state index in [1.807, 2.05) is 6.08 Å². The molecule has 0 fully saturated rings. The van der Waals surface area contributed by atoms with Crippen LogP contribution in [0.4, 0.5) is 0 Å². The Morgan fingerprint density at radius 1 is 1.50 bits per heavy atom. The zero-order chi connectivity index (χ0) is 9.40. The van der Waals surface area contributed by atoms with Gasteiger partial charge in [-0.25, -0.2) is 4.79 Å². The minimum Gasteiger partial charge on any atom is -0.478 e. The molecule has 2 nitrogen and oxygen atoms in total. The van der Waals surface area contributed by atoms with E-state index >= 15 is 0 Å². The molecule has 0 rings (SSSR count). The number of hydrogen-bond acceptors (Lipinski definition) is 1. The van der Waals surface area contributed by atoms with Gasteiger partial charge in [-0.3, -0.25) is 0 Å². The van der Waals surface area contributed by atoms with Crippen LogP contribution in [0.2, 0.25) is 0 Å². The first-order valence-electron chi connectivity index (χ1n) is 3.94. The van der Waals surface area contributed by atoms with Crippen LogP contribution >= 0.6 is 0 Å². The summed E-state index contributed by atoms with van der Waals surface area (Å²) in [6, 6.07) is 0. The van der Waals surface area contributed by atoms with Gasteiger partial charge in [0, 0.05) is 6.08 Å². The molecular formula is C10H14O2. The smallest absolute Gasteiger partial charge is 0.328 e. The van der Waals surface area contributed by atoms with Crippen molar-refractivity contribution in [2.45, 2.75) is 19.8 Å². The lowest BCUT2D eigenvalue weighted by molar-refractivity contribution is -0.131. The van der Waals surface area contributed by atoms with Crippen LogP contribution in [0.1, 0.15) is 19.8 Å². The number of allylic oxidation sites excluding steroid dienone is 4. The molecule has 0 aliphatic rings. The van der Waals surface area contributed by atoms with Gasteiger partial charge in [0.05, 0.1) is 0 Å². The second kappa shape index (κ2) is 6.40. The van der Waals surface area contributed by atoms with E-state index in [1.54, 1.807) is 12.2 Å². The Morgan fingerprint density at radius 3 is 2.58 bits per heavy atom. The molecule has 0 radical (unpaired) electrons. The largest absolute Gasteiger partial charge is 0.478 e. The predicted molar refractivity (Wildman–Crippen MR) is 50.0 cm³/mol. The van der Waals surface area contributed by atoms with Gasteiger partial charge in [-0.1, -0.05) is 32.1 Å². The van der Waals surface area contributed by atoms with Gasteiger partial charge in [-0.15, -0.1) is 0 Å². The Morgan fingerprint density at radius 2 is 2.17 bits per heavy atom. The molecule has 0 aromatic heterocycles. The van der Waals surface area contributed by atoms with Crippen molar-refractivity contribution in [1.82, 2.24) is 0 Å². The zero-order valence-corrected chi connectivity index (χ0v) is 7.29. The van der Waals surface area contributed by atoms with Crippen LogP contribution in [-0.2, 0) is 4.79 Å². The lowest BCUT2D eigenvalue weighted by atomic mass is 10.2. The van der Waals surface area contributed by atoms with Crippen molar-refractivity contribution >= 4 is 5.97 Å². The van der Waals surface area contributed by atoms with Crippen LogP contribution in [0, 0.1) is 0 Å². The van der Waals surface area contributed by atoms with Crippen LogP contribution in [0.5, 0.6) is 0 Å². The van der Waals surface area contributed by atoms with E-state index in [4.69, 9.17) is 5.11 Å². The molecule has 12 heavy (non-hydrogen) atoms. The third-order valence-corrected chi connectivity index (χ3v) is 1.32. The molecule has 1 N–H and O–H groups in total. The monoisotopic (exact) mass is 166 g/mol. The summed E-state index contributed by atoms with van der Waals surface area (Å²) in [7, 11) is 0. The molecule has 0 atom stereocenters. The standard InChI is InChI=1S/C10H14O2/c1-3-5-6-9(4-2)7-8-10(11)12/h4,6-8H,2-3,5H2,1H3,(H,11,12)/b8-7+,9-6+. The molecule has 0 aliphatic carbocycles. The molecule has 2 heteroatoms. The Balaban J connectivity index is 4.16. The average molecular weight is 166 g/mol. The molecule has 0 aliphatic heterocycles. The van der Waals surface area contributed by atoms with Gasteiger partial charge in [0.1, 0.15) is 0 Å². The van der Waals surface area contributed by atoms with Gasteiger partial charge in [-0.2, -0.15) is 0 Å². The first-order valence-corrected chi connectivity index (χ1v) is 3.94. The van der Waals surface area contributed by atoms with E-state index in [0.717, 1.165) is 24.5 Å². The SMILES string of the molecule is C=CC(/C=C/C(=O)O)=C\CCC. The van der Waals surface area contributed by atoms with Crippen LogP contribution in [0.3, 0.4) is 0 Å². The van der Waals surface area contributed by atoms with Crippen LogP contribution < -0.4 is 0 Å². The van der Waals surface area contributed by atoms with E-state index in [2.05, 4.69) is 13.5 Å². The van der Waals surface area contributed by atoms with Gasteiger partial charge < -0.3 is 5.11 Å². The Labute approximate surface area is 72.9 Å². The fourth-order valence-electron chi connectivity index (χ4n) is 0.698. The average Bonchev–Trinajstić information content (AvgIpc) is 2.05. The molecule has 0 aromatic carbocycles. The fraction of sp³-hybridized carbons (Fsp3) is 0.300. The second-order valence-corrected chi connectivity index (χ2v) is 2.37. The maximum absolute atomic E-state index is 10.1. The fourth-order valence-corrected chi connectivity index (χ4v) is 0.698. The maximum Gasteiger partial charge on any atom is 0.328 e. The number of rotatable bonds is 5. The van der Waals surface area contributed by atoms with Crippen molar-refractivity contribution < 1.29 is 9.90 Å². The summed E-state index contributed by atoms with van der Waals surface area (Å²) in [5.74, 6) is -0.931. The van der Waals surface area contributed by atoms with Crippen molar-refractivity contribution in [3.05, 3.63) is 36.5 Å². The molecule has 0 unspecified atom stereocenters. The van der Waals surface area contributed by atoms with Crippen LogP contribution in [0.15, 0.2) is 36.5 Å². The van der Waals surface area contributed by atoms with E-state index in [0.29, 0.717) is 0 Å². The second-order valence-electron chi connectivity index (χ2n) is 2.37. The van der Waals surface area contributed by atoms with Crippen molar-refractivity contribution in [3.8, 4) is 0 Å². The van der Waals surface area contributed by atoms with Gasteiger partial charge in [0.25, 0.3) is 0 Å². The molecule has 66 valence electrons. The number of carboxylic acid groups (broad SMARTS) is 1. The lowest BCUT2D eigenvalue weighted by Crippen LogP contribution is -1.86. The summed E-state index contributed by atoms with van der Waals surface area (Å²) in [6.07, 6.45) is 8.28. The predicted octanol–water partition coefficient (Wildman–Crippen LogP) is 2.54. The van der Waals surface area contributed by atoms with E-state index in [-0.39, 0.29) is 0 Å². The molecule has 0 aromatic rings. The highest BCUT2D eigenvalue weighted by molar-refractivity contribution is 5.80. The lowest BCUT2D eigenvalue weighted by Gasteiger charge is -1.91. The maximum atomic E-state index is 10.1. The van der Waals surface area contributed by atoms with Gasteiger partial charge in [-0.05, 0) is 18.1 Å². The highest BCUT2D eigenvalue weighted by atomic mass is 16.4. The molecular weight excluding hydrogens is 152 g/mol. The molecule has 0 amide bonds. The summed E-state index contributed by atoms with van der Waals surface area (Å²) >= 11 is 0. The first kappa shape index (κ1) is 10.7. The zero-order valence-electron chi connectivity index (χ0n) is 7.29. The number of carbonyl (C=O) groups is 1. The molecule has 0 saturated carbocycles. The van der Waals surface area contributed by atoms with Crippen molar-refractivity contribution in [2.75, 3.05) is 0 Å². The Bertz CT molecular complexity index is 212. The molecule has 0 heterocycles. The Hall–Kier alpha value is -1.31. The number of aliphatic carboxylic acids is 1. The van der Waals surface area contributed by atoms with Gasteiger partial charge >= 0.3 is 5.97 Å². The van der Waals surface area contributed by atoms with Crippen molar-refractivity contribution in [1.29, 1.82) is 0 Å². The third kappa shape index (κ3) is 5.47. The highest BCUT2D eigenvalue weighted by Gasteiger charge is 1.87. The molecule has 0 saturated heterocycles. The summed E-state index contributed by atoms with van der Waals surface area (Å²) in [5.41, 5.74) is 0.860. The first-order chi connectivity index (χ1) is 5.70. The number of unbranched alkanes of at least 4 members (excludes halogenated alkanes) is 1. The van der Waals surface area contributed by atoms with E-state index in [9.17, 15) is 4.79 Å². The molecule has 0 spiro atoms. The summed E-state index contributed by atoms with van der Waals surface area (Å²) in [5, 5.41) is 8.33. The minimum atomic E-state index is -0.931. The quantitative estimate of drug-likeness (QED) is 0.503. The van der Waals surface area contributed by atoms with Crippen LogP contribution in [0.25, 0.3) is 0 Å². The Kier molecular flexibility index (Phi) is 5.70. The van der Waals surface area contributed by atoms with Crippen molar-refractivity contribution in [2.24, 2.45) is 0 Å². The summed E-state index contributed by atoms with van der Waals surface area (Å²) in [4.78, 5) is 10.1. The number of hydrogen-bond donors (Lipinski definition) is 1. The topological polar surface area (TPSA) is 37.3 Å². The van der Waals surface area contributed by atoms with Gasteiger partial charge in [0.2, 0.25) is 0 Å². The van der Waals surface area contributed by atoms with Gasteiger partial charge in [0.15, 0.2) is 0 Å². The van der Waals surface area contributed by atoms with Crippen molar-refractivity contribution in [3.63, 3.8) is 0 Å². The highest BCUT2D eigenvalue weighted by Crippen LogP contribution is 2.01. The minimum absolute atomic E-state index is 0.860. The van der Waals surface area contributed by atoms with Crippen LogP contribution in [-0.4, -0.2) is 11.1 Å². The summed E-state index contributed by atoms with van der Waals surface area (Å²) < 4.78 is 0. The number of carboxylic acids is 1. The normalized spacial score (nSPS) is 11.9.